The van der Waals surface area contributed by atoms with Gasteiger partial charge in [0.25, 0.3) is 5.91 Å². The molecule has 0 unspecified atom stereocenters. The number of anilines is 1. The second-order valence-corrected chi connectivity index (χ2v) is 4.76. The average molecular weight is 318 g/mol. The summed E-state index contributed by atoms with van der Waals surface area (Å²) >= 11 is 5.95. The molecule has 7 heteroatoms. The molecule has 1 amide bonds. The Kier molecular flexibility index (Phi) is 8.76. The molecule has 5 N–H and O–H groups in total. The second kappa shape index (κ2) is 9.44. The minimum Gasteiger partial charge on any atom is -0.496 e. The van der Waals surface area contributed by atoms with Crippen molar-refractivity contribution < 1.29 is 15.0 Å². The molecule has 120 valence electrons. The van der Waals surface area contributed by atoms with Gasteiger partial charge < -0.3 is 26.2 Å². The number of carbonyl (C=O) groups is 1. The van der Waals surface area contributed by atoms with Crippen LogP contribution < -0.4 is 15.8 Å². The molecular formula is C14H24ClN3O3. The molecule has 0 atom stereocenters. The van der Waals surface area contributed by atoms with E-state index in [4.69, 9.17) is 22.1 Å². The number of likely N-dealkylation sites (N-methyl/N-ethyl adjacent to an activating group) is 1. The third-order valence-electron chi connectivity index (χ3n) is 3.17. The zero-order chi connectivity index (χ0) is 15.1. The van der Waals surface area contributed by atoms with E-state index in [1.54, 1.807) is 6.07 Å². The average Bonchev–Trinajstić information content (AvgIpc) is 2.45. The lowest BCUT2D eigenvalue weighted by atomic mass is 10.1. The van der Waals surface area contributed by atoms with Crippen LogP contribution in [0.25, 0.3) is 0 Å². The van der Waals surface area contributed by atoms with Crippen molar-refractivity contribution in [3.8, 4) is 5.75 Å². The molecular weight excluding hydrogens is 294 g/mol. The number of methoxy groups -OCH3 is 1. The Morgan fingerprint density at radius 3 is 2.52 bits per heavy atom. The monoisotopic (exact) mass is 317 g/mol. The molecule has 0 saturated heterocycles. The van der Waals surface area contributed by atoms with Crippen LogP contribution in [-0.4, -0.2) is 49.6 Å². The number of halogens is 1. The number of nitrogens with zero attached hydrogens (tertiary/aromatic N) is 1. The Hall–Kier alpha value is -1.50. The van der Waals surface area contributed by atoms with Crippen LogP contribution in [0.4, 0.5) is 5.69 Å². The fourth-order valence-electron chi connectivity index (χ4n) is 1.88. The van der Waals surface area contributed by atoms with Crippen LogP contribution in [0.3, 0.4) is 0 Å². The lowest BCUT2D eigenvalue weighted by Gasteiger charge is -2.18. The summed E-state index contributed by atoms with van der Waals surface area (Å²) in [5, 5.41) is 3.21. The second-order valence-electron chi connectivity index (χ2n) is 4.36. The lowest BCUT2D eigenvalue weighted by Crippen LogP contribution is -2.34. The van der Waals surface area contributed by atoms with Crippen LogP contribution in [0, 0.1) is 0 Å². The van der Waals surface area contributed by atoms with Gasteiger partial charge in [-0.05, 0) is 19.2 Å². The van der Waals surface area contributed by atoms with E-state index in [0.717, 1.165) is 19.6 Å². The predicted octanol–water partition coefficient (Wildman–Crippen LogP) is 1.18. The number of carbonyl (C=O) groups excluding carboxylic acids is 1. The maximum atomic E-state index is 12.1. The largest absolute Gasteiger partial charge is 0.496 e. The maximum Gasteiger partial charge on any atom is 0.255 e. The van der Waals surface area contributed by atoms with Crippen LogP contribution in [0.5, 0.6) is 5.75 Å². The molecule has 0 radical (unpaired) electrons. The fourth-order valence-corrected chi connectivity index (χ4v) is 2.04. The number of hydrogen-bond acceptors (Lipinski definition) is 4. The molecule has 0 fully saturated rings. The van der Waals surface area contributed by atoms with Crippen molar-refractivity contribution in [3.05, 3.63) is 22.7 Å². The smallest absolute Gasteiger partial charge is 0.255 e. The minimum absolute atomic E-state index is 0. The highest BCUT2D eigenvalue weighted by atomic mass is 35.5. The van der Waals surface area contributed by atoms with E-state index in [1.807, 2.05) is 0 Å². The highest BCUT2D eigenvalue weighted by molar-refractivity contribution is 6.33. The highest BCUT2D eigenvalue weighted by Crippen LogP contribution is 2.28. The van der Waals surface area contributed by atoms with Gasteiger partial charge in [0.1, 0.15) is 5.75 Å². The van der Waals surface area contributed by atoms with Gasteiger partial charge >= 0.3 is 0 Å². The van der Waals surface area contributed by atoms with E-state index in [2.05, 4.69) is 24.1 Å². The molecule has 21 heavy (non-hydrogen) atoms. The number of nitrogen functional groups attached to an aromatic ring is 1. The Morgan fingerprint density at radius 2 is 2.00 bits per heavy atom. The Bertz CT molecular complexity index is 465. The summed E-state index contributed by atoms with van der Waals surface area (Å²) < 4.78 is 5.16. The van der Waals surface area contributed by atoms with E-state index >= 15 is 0 Å². The molecule has 1 aromatic carbocycles. The SMILES string of the molecule is CCN(CC)CCNC(=O)c1cc(Cl)c(N)cc1OC.O. The van der Waals surface area contributed by atoms with Crippen LogP contribution in [0.2, 0.25) is 5.02 Å². The van der Waals surface area contributed by atoms with E-state index in [1.165, 1.54) is 13.2 Å². The summed E-state index contributed by atoms with van der Waals surface area (Å²) in [5.74, 6) is 0.211. The number of hydrogen-bond donors (Lipinski definition) is 2. The number of nitrogens with one attached hydrogen (secondary N) is 1. The number of amides is 1. The summed E-state index contributed by atoms with van der Waals surface area (Å²) in [6, 6.07) is 3.09. The van der Waals surface area contributed by atoms with Crippen LogP contribution in [-0.2, 0) is 0 Å². The maximum absolute atomic E-state index is 12.1. The Labute approximate surface area is 130 Å². The van der Waals surface area contributed by atoms with Gasteiger partial charge in [-0.2, -0.15) is 0 Å². The van der Waals surface area contributed by atoms with Gasteiger partial charge in [0.05, 0.1) is 23.4 Å². The molecule has 6 nitrogen and oxygen atoms in total. The quantitative estimate of drug-likeness (QED) is 0.737. The first-order valence-corrected chi connectivity index (χ1v) is 7.04. The summed E-state index contributed by atoms with van der Waals surface area (Å²) in [4.78, 5) is 14.4. The van der Waals surface area contributed by atoms with Crippen LogP contribution in [0.1, 0.15) is 24.2 Å². The predicted molar refractivity (Wildman–Crippen MR) is 86.2 cm³/mol. The first-order valence-electron chi connectivity index (χ1n) is 6.67. The molecule has 0 heterocycles. The van der Waals surface area contributed by atoms with Crippen molar-refractivity contribution in [2.24, 2.45) is 0 Å². The zero-order valence-corrected chi connectivity index (χ0v) is 13.5. The molecule has 1 rings (SSSR count). The van der Waals surface area contributed by atoms with Gasteiger partial charge in [0.2, 0.25) is 0 Å². The van der Waals surface area contributed by atoms with Crippen molar-refractivity contribution in [2.45, 2.75) is 13.8 Å². The van der Waals surface area contributed by atoms with Gasteiger partial charge in [0.15, 0.2) is 0 Å². The number of benzene rings is 1. The van der Waals surface area contributed by atoms with E-state index in [-0.39, 0.29) is 11.4 Å². The minimum atomic E-state index is -0.212. The van der Waals surface area contributed by atoms with Gasteiger partial charge in [-0.25, -0.2) is 0 Å². The first-order chi connectivity index (χ1) is 9.53. The molecule has 0 aliphatic rings. The normalized spacial score (nSPS) is 10.1. The third-order valence-corrected chi connectivity index (χ3v) is 3.50. The Balaban J connectivity index is 0.00000400. The van der Waals surface area contributed by atoms with Gasteiger partial charge in [-0.15, -0.1) is 0 Å². The van der Waals surface area contributed by atoms with Crippen molar-refractivity contribution in [2.75, 3.05) is 39.0 Å². The Morgan fingerprint density at radius 1 is 1.38 bits per heavy atom. The summed E-state index contributed by atoms with van der Waals surface area (Å²) in [7, 11) is 1.50. The zero-order valence-electron chi connectivity index (χ0n) is 12.7. The number of rotatable bonds is 7. The number of nitrogens with two attached hydrogens (primary N) is 1. The highest BCUT2D eigenvalue weighted by Gasteiger charge is 2.14. The first kappa shape index (κ1) is 19.5. The topological polar surface area (TPSA) is 99.1 Å². The molecule has 0 aliphatic heterocycles. The van der Waals surface area contributed by atoms with E-state index < -0.39 is 0 Å². The third kappa shape index (κ3) is 5.41. The standard InChI is InChI=1S/C14H22ClN3O2.H2O/c1-4-18(5-2)7-6-17-14(19)10-8-11(15)12(16)9-13(10)20-3;/h8-9H,4-7,16H2,1-3H3,(H,17,19);1H2. The molecule has 0 saturated carbocycles. The van der Waals surface area contributed by atoms with Crippen molar-refractivity contribution in [1.82, 2.24) is 10.2 Å². The van der Waals surface area contributed by atoms with Crippen molar-refractivity contribution in [1.29, 1.82) is 0 Å². The van der Waals surface area contributed by atoms with Crippen molar-refractivity contribution >= 4 is 23.2 Å². The van der Waals surface area contributed by atoms with Crippen LogP contribution in [0.15, 0.2) is 12.1 Å². The molecule has 0 bridgehead atoms. The summed E-state index contributed by atoms with van der Waals surface area (Å²) in [6.45, 7) is 7.49. The summed E-state index contributed by atoms with van der Waals surface area (Å²) in [6.07, 6.45) is 0. The molecule has 0 aromatic heterocycles. The number of ether oxygens (including phenoxy) is 1. The van der Waals surface area contributed by atoms with Gasteiger partial charge in [-0.1, -0.05) is 25.4 Å². The lowest BCUT2D eigenvalue weighted by molar-refractivity contribution is 0.0946. The van der Waals surface area contributed by atoms with E-state index in [9.17, 15) is 4.79 Å². The molecule has 0 aliphatic carbocycles. The van der Waals surface area contributed by atoms with Gasteiger partial charge in [-0.3, -0.25) is 4.79 Å². The van der Waals surface area contributed by atoms with Crippen molar-refractivity contribution in [3.63, 3.8) is 0 Å². The summed E-state index contributed by atoms with van der Waals surface area (Å²) in [5.41, 5.74) is 6.48. The molecule has 0 spiro atoms. The van der Waals surface area contributed by atoms with Crippen LogP contribution >= 0.6 is 11.6 Å². The van der Waals surface area contributed by atoms with E-state index in [0.29, 0.717) is 28.6 Å². The molecule has 1 aromatic rings. The fraction of sp³-hybridized carbons (Fsp3) is 0.500. The van der Waals surface area contributed by atoms with Gasteiger partial charge in [0, 0.05) is 19.2 Å².